The van der Waals surface area contributed by atoms with E-state index in [-0.39, 0.29) is 5.91 Å². The largest absolute Gasteiger partial charge is 0.352 e. The molecule has 0 heterocycles. The topological polar surface area (TPSA) is 67.2 Å². The Morgan fingerprint density at radius 1 is 1.29 bits per heavy atom. The number of thioether (sulfide) groups is 1. The summed E-state index contributed by atoms with van der Waals surface area (Å²) in [6.45, 7) is 0.732. The lowest BCUT2D eigenvalue weighted by Gasteiger charge is -2.05. The Labute approximate surface area is 106 Å². The summed E-state index contributed by atoms with van der Waals surface area (Å²) in [6, 6.07) is 7.07. The van der Waals surface area contributed by atoms with Crippen LogP contribution in [0, 0.1) is 0 Å². The van der Waals surface area contributed by atoms with Gasteiger partial charge >= 0.3 is 0 Å². The number of hydrogen-bond acceptors (Lipinski definition) is 4. The van der Waals surface area contributed by atoms with E-state index in [1.807, 2.05) is 11.8 Å². The van der Waals surface area contributed by atoms with Gasteiger partial charge in [-0.3, -0.25) is 10.6 Å². The maximum Gasteiger partial charge on any atom is 0.251 e. The molecule has 0 aliphatic carbocycles. The summed E-state index contributed by atoms with van der Waals surface area (Å²) in [5.41, 5.74) is 3.98. The third-order valence-corrected chi connectivity index (χ3v) is 3.07. The van der Waals surface area contributed by atoms with Crippen LogP contribution in [0.4, 0.5) is 5.69 Å². The number of carbonyl (C=O) groups excluding carboxylic acids is 1. The molecule has 0 saturated carbocycles. The summed E-state index contributed by atoms with van der Waals surface area (Å²) in [5, 5.41) is 2.90. The van der Waals surface area contributed by atoms with Gasteiger partial charge in [-0.05, 0) is 49.1 Å². The number of anilines is 1. The molecule has 1 aromatic rings. The van der Waals surface area contributed by atoms with Crippen molar-refractivity contribution in [2.45, 2.75) is 12.8 Å². The Hall–Kier alpha value is -1.20. The SMILES string of the molecule is CSCCCCNC(=O)c1ccc(NN)cc1. The van der Waals surface area contributed by atoms with Gasteiger partial charge in [-0.1, -0.05) is 0 Å². The molecule has 0 aliphatic heterocycles. The standard InChI is InChI=1S/C12H19N3OS/c1-17-9-3-2-8-14-12(16)10-4-6-11(15-13)7-5-10/h4-7,15H,2-3,8-9,13H2,1H3,(H,14,16). The number of unbranched alkanes of at least 4 members (excludes halogenated alkanes) is 1. The molecular formula is C12H19N3OS. The Morgan fingerprint density at radius 2 is 2.00 bits per heavy atom. The number of amides is 1. The van der Waals surface area contributed by atoms with Crippen LogP contribution in [0.1, 0.15) is 23.2 Å². The first-order chi connectivity index (χ1) is 8.27. The molecule has 0 unspecified atom stereocenters. The molecule has 0 bridgehead atoms. The molecule has 4 nitrogen and oxygen atoms in total. The predicted octanol–water partition coefficient (Wildman–Crippen LogP) is 1.85. The van der Waals surface area contributed by atoms with Gasteiger partial charge < -0.3 is 10.7 Å². The fraction of sp³-hybridized carbons (Fsp3) is 0.417. The molecule has 0 atom stereocenters. The second-order valence-corrected chi connectivity index (χ2v) is 4.66. The highest BCUT2D eigenvalue weighted by Gasteiger charge is 2.03. The van der Waals surface area contributed by atoms with Gasteiger partial charge in [0.15, 0.2) is 0 Å². The second-order valence-electron chi connectivity index (χ2n) is 3.68. The van der Waals surface area contributed by atoms with Gasteiger partial charge in [0.1, 0.15) is 0 Å². The van der Waals surface area contributed by atoms with E-state index in [9.17, 15) is 4.79 Å². The summed E-state index contributed by atoms with van der Waals surface area (Å²) in [7, 11) is 0. The van der Waals surface area contributed by atoms with Crippen molar-refractivity contribution >= 4 is 23.4 Å². The Morgan fingerprint density at radius 3 is 2.59 bits per heavy atom. The Kier molecular flexibility index (Phi) is 6.50. The molecule has 0 aromatic heterocycles. The quantitative estimate of drug-likeness (QED) is 0.394. The molecule has 1 aromatic carbocycles. The minimum absolute atomic E-state index is 0.0299. The monoisotopic (exact) mass is 253 g/mol. The number of rotatable bonds is 7. The maximum absolute atomic E-state index is 11.7. The third kappa shape index (κ3) is 5.10. The zero-order chi connectivity index (χ0) is 12.5. The van der Waals surface area contributed by atoms with Crippen molar-refractivity contribution in [3.05, 3.63) is 29.8 Å². The van der Waals surface area contributed by atoms with Crippen molar-refractivity contribution in [1.82, 2.24) is 5.32 Å². The average molecular weight is 253 g/mol. The Balaban J connectivity index is 2.31. The number of nitrogens with one attached hydrogen (secondary N) is 2. The molecule has 1 amide bonds. The highest BCUT2D eigenvalue weighted by atomic mass is 32.2. The normalized spacial score (nSPS) is 10.0. The summed E-state index contributed by atoms with van der Waals surface area (Å²) in [5.74, 6) is 6.37. The smallest absolute Gasteiger partial charge is 0.251 e. The fourth-order valence-corrected chi connectivity index (χ4v) is 1.89. The van der Waals surface area contributed by atoms with Crippen LogP contribution in [0.3, 0.4) is 0 Å². The van der Waals surface area contributed by atoms with Crippen LogP contribution in [-0.4, -0.2) is 24.5 Å². The zero-order valence-electron chi connectivity index (χ0n) is 10.0. The van der Waals surface area contributed by atoms with Crippen molar-refractivity contribution < 1.29 is 4.79 Å². The van der Waals surface area contributed by atoms with E-state index >= 15 is 0 Å². The van der Waals surface area contributed by atoms with E-state index < -0.39 is 0 Å². The Bertz CT molecular complexity index is 340. The van der Waals surface area contributed by atoms with Gasteiger partial charge in [0.2, 0.25) is 0 Å². The van der Waals surface area contributed by atoms with Gasteiger partial charge in [0.25, 0.3) is 5.91 Å². The number of benzene rings is 1. The highest BCUT2D eigenvalue weighted by molar-refractivity contribution is 7.98. The first-order valence-corrected chi connectivity index (χ1v) is 7.01. The number of hydrazine groups is 1. The molecule has 1 rings (SSSR count). The molecular weight excluding hydrogens is 234 g/mol. The number of hydrogen-bond donors (Lipinski definition) is 3. The maximum atomic E-state index is 11.7. The van der Waals surface area contributed by atoms with Gasteiger partial charge in [-0.25, -0.2) is 0 Å². The van der Waals surface area contributed by atoms with Crippen molar-refractivity contribution in [3.8, 4) is 0 Å². The molecule has 5 heteroatoms. The molecule has 0 saturated heterocycles. The van der Waals surface area contributed by atoms with E-state index in [2.05, 4.69) is 17.0 Å². The van der Waals surface area contributed by atoms with Crippen LogP contribution in [0.25, 0.3) is 0 Å². The number of nitrogens with two attached hydrogens (primary N) is 1. The van der Waals surface area contributed by atoms with Crippen LogP contribution in [0.5, 0.6) is 0 Å². The molecule has 0 aliphatic rings. The molecule has 4 N–H and O–H groups in total. The molecule has 0 fully saturated rings. The molecule has 0 radical (unpaired) electrons. The number of carbonyl (C=O) groups is 1. The van der Waals surface area contributed by atoms with E-state index in [0.29, 0.717) is 5.56 Å². The van der Waals surface area contributed by atoms with E-state index in [1.54, 1.807) is 24.3 Å². The van der Waals surface area contributed by atoms with Crippen molar-refractivity contribution in [2.24, 2.45) is 5.84 Å². The minimum atomic E-state index is -0.0299. The average Bonchev–Trinajstić information content (AvgIpc) is 2.38. The van der Waals surface area contributed by atoms with E-state index in [1.165, 1.54) is 0 Å². The second kappa shape index (κ2) is 7.97. The van der Waals surface area contributed by atoms with Crippen LogP contribution < -0.4 is 16.6 Å². The van der Waals surface area contributed by atoms with Crippen LogP contribution in [0.2, 0.25) is 0 Å². The summed E-state index contributed by atoms with van der Waals surface area (Å²) < 4.78 is 0. The van der Waals surface area contributed by atoms with Gasteiger partial charge in [-0.2, -0.15) is 11.8 Å². The first-order valence-electron chi connectivity index (χ1n) is 5.61. The van der Waals surface area contributed by atoms with Crippen molar-refractivity contribution in [3.63, 3.8) is 0 Å². The first kappa shape index (κ1) is 13.9. The lowest BCUT2D eigenvalue weighted by atomic mass is 10.2. The lowest BCUT2D eigenvalue weighted by Crippen LogP contribution is -2.24. The number of nitrogen functional groups attached to an aromatic ring is 1. The molecule has 94 valence electrons. The summed E-state index contributed by atoms with van der Waals surface area (Å²) in [6.07, 6.45) is 4.25. The molecule has 0 spiro atoms. The van der Waals surface area contributed by atoms with Gasteiger partial charge in [0.05, 0.1) is 0 Å². The zero-order valence-corrected chi connectivity index (χ0v) is 10.8. The fourth-order valence-electron chi connectivity index (χ4n) is 1.39. The van der Waals surface area contributed by atoms with Crippen molar-refractivity contribution in [1.29, 1.82) is 0 Å². The van der Waals surface area contributed by atoms with E-state index in [4.69, 9.17) is 5.84 Å². The third-order valence-electron chi connectivity index (χ3n) is 2.37. The van der Waals surface area contributed by atoms with Gasteiger partial charge in [0, 0.05) is 17.8 Å². The lowest BCUT2D eigenvalue weighted by molar-refractivity contribution is 0.0953. The molecule has 17 heavy (non-hydrogen) atoms. The van der Waals surface area contributed by atoms with Crippen LogP contribution >= 0.6 is 11.8 Å². The van der Waals surface area contributed by atoms with E-state index in [0.717, 1.165) is 30.8 Å². The highest BCUT2D eigenvalue weighted by Crippen LogP contribution is 2.07. The van der Waals surface area contributed by atoms with Gasteiger partial charge in [-0.15, -0.1) is 0 Å². The summed E-state index contributed by atoms with van der Waals surface area (Å²) >= 11 is 1.83. The van der Waals surface area contributed by atoms with Crippen LogP contribution in [0.15, 0.2) is 24.3 Å². The van der Waals surface area contributed by atoms with Crippen molar-refractivity contribution in [2.75, 3.05) is 24.0 Å². The minimum Gasteiger partial charge on any atom is -0.352 e. The predicted molar refractivity (Wildman–Crippen MR) is 74.2 cm³/mol. The summed E-state index contributed by atoms with van der Waals surface area (Å²) in [4.78, 5) is 11.7. The van der Waals surface area contributed by atoms with Crippen LogP contribution in [-0.2, 0) is 0 Å².